The summed E-state index contributed by atoms with van der Waals surface area (Å²) in [4.78, 5) is 4.28. The Kier molecular flexibility index (Phi) is 4.79. The molecular weight excluding hydrogens is 252 g/mol. The molecule has 108 valence electrons. The van der Waals surface area contributed by atoms with Crippen molar-refractivity contribution < 1.29 is 9.15 Å². The Morgan fingerprint density at radius 1 is 1.35 bits per heavy atom. The molecule has 1 aromatic carbocycles. The number of methoxy groups -OCH3 is 1. The summed E-state index contributed by atoms with van der Waals surface area (Å²) in [5, 5.41) is 3.55. The van der Waals surface area contributed by atoms with Crippen LogP contribution < -0.4 is 10.1 Å². The normalized spacial score (nSPS) is 14.0. The van der Waals surface area contributed by atoms with Crippen LogP contribution in [0.4, 0.5) is 0 Å². The summed E-state index contributed by atoms with van der Waals surface area (Å²) in [5.41, 5.74) is 1.16. The monoisotopic (exact) mass is 274 g/mol. The number of aryl methyl sites for hydroxylation is 1. The fourth-order valence-corrected chi connectivity index (χ4v) is 2.33. The Bertz CT molecular complexity index is 551. The van der Waals surface area contributed by atoms with Crippen molar-refractivity contribution in [2.75, 3.05) is 7.11 Å². The van der Waals surface area contributed by atoms with Crippen LogP contribution in [0.5, 0.6) is 5.75 Å². The third kappa shape index (κ3) is 3.20. The molecular formula is C16H22N2O2. The lowest BCUT2D eigenvalue weighted by molar-refractivity contribution is 0.355. The van der Waals surface area contributed by atoms with E-state index in [4.69, 9.17) is 9.15 Å². The quantitative estimate of drug-likeness (QED) is 0.870. The first-order valence-electron chi connectivity index (χ1n) is 6.97. The van der Waals surface area contributed by atoms with Crippen LogP contribution in [0, 0.1) is 6.92 Å². The number of hydrogen-bond donors (Lipinski definition) is 1. The van der Waals surface area contributed by atoms with Crippen molar-refractivity contribution in [3.8, 4) is 5.75 Å². The molecule has 2 rings (SSSR count). The van der Waals surface area contributed by atoms with Crippen molar-refractivity contribution in [3.63, 3.8) is 0 Å². The Labute approximate surface area is 120 Å². The van der Waals surface area contributed by atoms with Crippen molar-refractivity contribution in [1.29, 1.82) is 0 Å². The van der Waals surface area contributed by atoms with Gasteiger partial charge in [0.2, 0.25) is 5.89 Å². The van der Waals surface area contributed by atoms with Gasteiger partial charge in [-0.3, -0.25) is 5.32 Å². The molecule has 2 unspecified atom stereocenters. The largest absolute Gasteiger partial charge is 0.496 e. The number of oxazole rings is 1. The number of para-hydroxylation sites is 1. The van der Waals surface area contributed by atoms with Crippen LogP contribution in [0.3, 0.4) is 0 Å². The van der Waals surface area contributed by atoms with E-state index in [1.54, 1.807) is 13.3 Å². The highest BCUT2D eigenvalue weighted by Gasteiger charge is 2.19. The van der Waals surface area contributed by atoms with E-state index in [0.717, 1.165) is 29.4 Å². The minimum absolute atomic E-state index is 0.0542. The van der Waals surface area contributed by atoms with Gasteiger partial charge in [-0.1, -0.05) is 25.1 Å². The van der Waals surface area contributed by atoms with Crippen LogP contribution in [0.2, 0.25) is 0 Å². The predicted molar refractivity (Wildman–Crippen MR) is 78.8 cm³/mol. The van der Waals surface area contributed by atoms with Gasteiger partial charge in [-0.05, 0) is 26.3 Å². The number of nitrogens with zero attached hydrogens (tertiary/aromatic N) is 1. The van der Waals surface area contributed by atoms with Crippen molar-refractivity contribution >= 4 is 0 Å². The molecule has 1 aromatic heterocycles. The summed E-state index contributed by atoms with van der Waals surface area (Å²) in [6.45, 7) is 6.11. The number of rotatable bonds is 6. The fraction of sp³-hybridized carbons (Fsp3) is 0.438. The third-order valence-electron chi connectivity index (χ3n) is 3.38. The summed E-state index contributed by atoms with van der Waals surface area (Å²) in [6, 6.07) is 8.34. The zero-order valence-electron chi connectivity index (χ0n) is 12.5. The highest BCUT2D eigenvalue weighted by molar-refractivity contribution is 5.35. The van der Waals surface area contributed by atoms with Crippen molar-refractivity contribution in [1.82, 2.24) is 10.3 Å². The SMILES string of the molecule is CCC(NC(C)c1ncc(C)o1)c1ccccc1OC. The van der Waals surface area contributed by atoms with Gasteiger partial charge >= 0.3 is 0 Å². The zero-order valence-corrected chi connectivity index (χ0v) is 12.5. The Morgan fingerprint density at radius 2 is 2.10 bits per heavy atom. The highest BCUT2D eigenvalue weighted by atomic mass is 16.5. The molecule has 4 nitrogen and oxygen atoms in total. The van der Waals surface area contributed by atoms with E-state index >= 15 is 0 Å². The van der Waals surface area contributed by atoms with E-state index in [-0.39, 0.29) is 12.1 Å². The molecule has 0 saturated carbocycles. The topological polar surface area (TPSA) is 47.3 Å². The maximum atomic E-state index is 5.58. The van der Waals surface area contributed by atoms with E-state index in [2.05, 4.69) is 30.2 Å². The molecule has 1 N–H and O–H groups in total. The molecule has 0 bridgehead atoms. The molecule has 0 saturated heterocycles. The summed E-state index contributed by atoms with van der Waals surface area (Å²) < 4.78 is 11.0. The van der Waals surface area contributed by atoms with Crippen molar-refractivity contribution in [3.05, 3.63) is 47.7 Å². The summed E-state index contributed by atoms with van der Waals surface area (Å²) >= 11 is 0. The van der Waals surface area contributed by atoms with Gasteiger partial charge in [0.25, 0.3) is 0 Å². The minimum atomic E-state index is 0.0542. The van der Waals surface area contributed by atoms with Crippen LogP contribution in [0.15, 0.2) is 34.9 Å². The molecule has 0 aliphatic rings. The molecule has 0 amide bonds. The van der Waals surface area contributed by atoms with Gasteiger partial charge in [0.05, 0.1) is 19.3 Å². The molecule has 1 heterocycles. The van der Waals surface area contributed by atoms with Crippen LogP contribution >= 0.6 is 0 Å². The predicted octanol–water partition coefficient (Wildman–Crippen LogP) is 3.79. The molecule has 4 heteroatoms. The average Bonchev–Trinajstić information content (AvgIpc) is 2.91. The second kappa shape index (κ2) is 6.57. The number of aromatic nitrogens is 1. The highest BCUT2D eigenvalue weighted by Crippen LogP contribution is 2.29. The summed E-state index contributed by atoms with van der Waals surface area (Å²) in [7, 11) is 1.70. The maximum absolute atomic E-state index is 5.58. The Balaban J connectivity index is 2.16. The molecule has 20 heavy (non-hydrogen) atoms. The lowest BCUT2D eigenvalue weighted by atomic mass is 10.0. The standard InChI is InChI=1S/C16H22N2O2/c1-5-14(13-8-6-7-9-15(13)19-4)18-12(3)16-17-10-11(2)20-16/h6-10,12,14,18H,5H2,1-4H3. The second-order valence-electron chi connectivity index (χ2n) is 4.90. The summed E-state index contributed by atoms with van der Waals surface area (Å²) in [5.74, 6) is 2.46. The first-order chi connectivity index (χ1) is 9.65. The van der Waals surface area contributed by atoms with Gasteiger partial charge in [-0.2, -0.15) is 0 Å². The summed E-state index contributed by atoms with van der Waals surface area (Å²) in [6.07, 6.45) is 2.71. The first-order valence-corrected chi connectivity index (χ1v) is 6.97. The van der Waals surface area contributed by atoms with Crippen LogP contribution in [-0.4, -0.2) is 12.1 Å². The minimum Gasteiger partial charge on any atom is -0.496 e. The second-order valence-corrected chi connectivity index (χ2v) is 4.90. The maximum Gasteiger partial charge on any atom is 0.211 e. The van der Waals surface area contributed by atoms with Gasteiger partial charge in [-0.15, -0.1) is 0 Å². The number of ether oxygens (including phenoxy) is 1. The Morgan fingerprint density at radius 3 is 2.70 bits per heavy atom. The molecule has 0 spiro atoms. The van der Waals surface area contributed by atoms with Crippen LogP contribution in [-0.2, 0) is 0 Å². The third-order valence-corrected chi connectivity index (χ3v) is 3.38. The van der Waals surface area contributed by atoms with Gasteiger partial charge < -0.3 is 9.15 Å². The van der Waals surface area contributed by atoms with Crippen molar-refractivity contribution in [2.24, 2.45) is 0 Å². The lowest BCUT2D eigenvalue weighted by Crippen LogP contribution is -2.24. The van der Waals surface area contributed by atoms with Gasteiger partial charge in [0, 0.05) is 11.6 Å². The van der Waals surface area contributed by atoms with Gasteiger partial charge in [-0.25, -0.2) is 4.98 Å². The Hall–Kier alpha value is -1.81. The van der Waals surface area contributed by atoms with Crippen LogP contribution in [0.25, 0.3) is 0 Å². The van der Waals surface area contributed by atoms with Crippen LogP contribution in [0.1, 0.15) is 49.6 Å². The van der Waals surface area contributed by atoms with Gasteiger partial charge in [0.15, 0.2) is 0 Å². The fourth-order valence-electron chi connectivity index (χ4n) is 2.33. The number of benzene rings is 1. The number of hydrogen-bond acceptors (Lipinski definition) is 4. The van der Waals surface area contributed by atoms with Gasteiger partial charge in [0.1, 0.15) is 11.5 Å². The molecule has 0 radical (unpaired) electrons. The number of nitrogens with one attached hydrogen (secondary N) is 1. The first kappa shape index (κ1) is 14.6. The molecule has 2 aromatic rings. The van der Waals surface area contributed by atoms with E-state index < -0.39 is 0 Å². The van der Waals surface area contributed by atoms with Crippen molar-refractivity contribution in [2.45, 2.75) is 39.3 Å². The average molecular weight is 274 g/mol. The zero-order chi connectivity index (χ0) is 14.5. The lowest BCUT2D eigenvalue weighted by Gasteiger charge is -2.22. The molecule has 2 atom stereocenters. The van der Waals surface area contributed by atoms with E-state index in [1.807, 2.05) is 25.1 Å². The van der Waals surface area contributed by atoms with E-state index in [9.17, 15) is 0 Å². The molecule has 0 aliphatic heterocycles. The van der Waals surface area contributed by atoms with E-state index in [0.29, 0.717) is 0 Å². The van der Waals surface area contributed by atoms with E-state index in [1.165, 1.54) is 0 Å². The molecule has 0 aliphatic carbocycles. The smallest absolute Gasteiger partial charge is 0.211 e. The molecule has 0 fully saturated rings.